The Morgan fingerprint density at radius 3 is 2.96 bits per heavy atom. The van der Waals surface area contributed by atoms with Crippen LogP contribution in [-0.4, -0.2) is 31.5 Å². The Hall–Kier alpha value is -2.41. The highest BCUT2D eigenvalue weighted by molar-refractivity contribution is 7.18. The second-order valence-electron chi connectivity index (χ2n) is 7.16. The molecule has 0 N–H and O–H groups in total. The van der Waals surface area contributed by atoms with Gasteiger partial charge in [-0.3, -0.25) is 14.2 Å². The first-order valence-electron chi connectivity index (χ1n) is 8.86. The van der Waals surface area contributed by atoms with Crippen LogP contribution < -0.4 is 5.56 Å². The van der Waals surface area contributed by atoms with E-state index in [0.717, 1.165) is 21.9 Å². The molecule has 0 spiro atoms. The van der Waals surface area contributed by atoms with Gasteiger partial charge in [0.25, 0.3) is 5.56 Å². The summed E-state index contributed by atoms with van der Waals surface area (Å²) in [5.41, 5.74) is 1.02. The number of thiophene rings is 1. The van der Waals surface area contributed by atoms with Crippen LogP contribution in [0, 0.1) is 12.8 Å². The molecule has 1 atom stereocenters. The van der Waals surface area contributed by atoms with Gasteiger partial charge in [-0.2, -0.15) is 0 Å². The molecule has 136 valence electrons. The van der Waals surface area contributed by atoms with E-state index in [-0.39, 0.29) is 24.1 Å². The fraction of sp³-hybridized carbons (Fsp3) is 0.421. The van der Waals surface area contributed by atoms with Gasteiger partial charge < -0.3 is 9.47 Å². The summed E-state index contributed by atoms with van der Waals surface area (Å²) in [6.45, 7) is 7.68. The molecule has 7 heteroatoms. The zero-order valence-corrected chi connectivity index (χ0v) is 16.0. The van der Waals surface area contributed by atoms with E-state index in [2.05, 4.69) is 35.7 Å². The molecule has 4 rings (SSSR count). The van der Waals surface area contributed by atoms with Gasteiger partial charge in [-0.1, -0.05) is 13.8 Å². The highest BCUT2D eigenvalue weighted by Gasteiger charge is 2.33. The van der Waals surface area contributed by atoms with Crippen molar-refractivity contribution in [1.29, 1.82) is 0 Å². The molecule has 0 unspecified atom stereocenters. The molecule has 1 amide bonds. The van der Waals surface area contributed by atoms with Gasteiger partial charge in [-0.05, 0) is 31.0 Å². The van der Waals surface area contributed by atoms with Crippen LogP contribution in [0.15, 0.2) is 35.5 Å². The van der Waals surface area contributed by atoms with Crippen LogP contribution in [0.5, 0.6) is 0 Å². The Bertz CT molecular complexity index is 1030. The van der Waals surface area contributed by atoms with E-state index in [1.165, 1.54) is 22.2 Å². The van der Waals surface area contributed by atoms with E-state index < -0.39 is 0 Å². The molecule has 1 aliphatic heterocycles. The third kappa shape index (κ3) is 2.76. The molecule has 1 aliphatic rings. The van der Waals surface area contributed by atoms with E-state index in [4.69, 9.17) is 0 Å². The minimum Gasteiger partial charge on any atom is -0.348 e. The van der Waals surface area contributed by atoms with E-state index >= 15 is 0 Å². The summed E-state index contributed by atoms with van der Waals surface area (Å²) < 4.78 is 3.64. The number of nitrogens with zero attached hydrogens (tertiary/aromatic N) is 4. The summed E-state index contributed by atoms with van der Waals surface area (Å²) in [5.74, 6) is 0.260. The number of aryl methyl sites for hydroxylation is 1. The lowest BCUT2D eigenvalue weighted by molar-refractivity contribution is -0.136. The first-order valence-corrected chi connectivity index (χ1v) is 9.67. The van der Waals surface area contributed by atoms with Gasteiger partial charge in [0.2, 0.25) is 5.91 Å². The zero-order chi connectivity index (χ0) is 18.4. The summed E-state index contributed by atoms with van der Waals surface area (Å²) in [6, 6.07) is 5.99. The number of aromatic nitrogens is 3. The maximum Gasteiger partial charge on any atom is 0.262 e. The predicted molar refractivity (Wildman–Crippen MR) is 102 cm³/mol. The third-order valence-electron chi connectivity index (χ3n) is 4.98. The number of rotatable bonds is 3. The molecule has 0 bridgehead atoms. The number of hydrogen-bond acceptors (Lipinski definition) is 4. The van der Waals surface area contributed by atoms with Gasteiger partial charge in [-0.15, -0.1) is 11.3 Å². The summed E-state index contributed by atoms with van der Waals surface area (Å²) in [6.07, 6.45) is 3.56. The summed E-state index contributed by atoms with van der Waals surface area (Å²) in [4.78, 5) is 33.8. The van der Waals surface area contributed by atoms with Crippen molar-refractivity contribution in [2.24, 2.45) is 5.92 Å². The third-order valence-corrected chi connectivity index (χ3v) is 5.94. The summed E-state index contributed by atoms with van der Waals surface area (Å²) in [7, 11) is 0. The smallest absolute Gasteiger partial charge is 0.262 e. The van der Waals surface area contributed by atoms with Crippen molar-refractivity contribution in [3.63, 3.8) is 0 Å². The highest BCUT2D eigenvalue weighted by atomic mass is 32.1. The Balaban J connectivity index is 1.64. The molecular weight excluding hydrogens is 348 g/mol. The maximum absolute atomic E-state index is 13.0. The predicted octanol–water partition coefficient (Wildman–Crippen LogP) is 2.81. The quantitative estimate of drug-likeness (QED) is 0.712. The van der Waals surface area contributed by atoms with Crippen LogP contribution in [0.1, 0.15) is 30.5 Å². The Kier molecular flexibility index (Phi) is 4.19. The molecule has 0 aromatic carbocycles. The topological polar surface area (TPSA) is 60.1 Å². The fourth-order valence-corrected chi connectivity index (χ4v) is 4.66. The molecular formula is C19H22N4O2S. The fourth-order valence-electron chi connectivity index (χ4n) is 3.82. The van der Waals surface area contributed by atoms with E-state index in [0.29, 0.717) is 17.8 Å². The highest BCUT2D eigenvalue weighted by Crippen LogP contribution is 2.32. The first kappa shape index (κ1) is 17.0. The molecule has 0 radical (unpaired) electrons. The average Bonchev–Trinajstić information content (AvgIpc) is 3.22. The van der Waals surface area contributed by atoms with Crippen LogP contribution in [0.2, 0.25) is 0 Å². The second kappa shape index (κ2) is 6.39. The number of hydrogen-bond donors (Lipinski definition) is 0. The van der Waals surface area contributed by atoms with E-state index in [1.807, 2.05) is 24.0 Å². The number of amides is 1. The van der Waals surface area contributed by atoms with Crippen molar-refractivity contribution in [3.05, 3.63) is 51.6 Å². The van der Waals surface area contributed by atoms with Crippen molar-refractivity contribution in [2.75, 3.05) is 6.54 Å². The van der Waals surface area contributed by atoms with Crippen LogP contribution in [0.25, 0.3) is 10.2 Å². The van der Waals surface area contributed by atoms with E-state index in [9.17, 15) is 9.59 Å². The van der Waals surface area contributed by atoms with Crippen molar-refractivity contribution < 1.29 is 4.79 Å². The molecule has 0 saturated carbocycles. The van der Waals surface area contributed by atoms with Crippen molar-refractivity contribution in [3.8, 4) is 0 Å². The van der Waals surface area contributed by atoms with Crippen LogP contribution in [-0.2, 0) is 17.9 Å². The van der Waals surface area contributed by atoms with Crippen molar-refractivity contribution >= 4 is 27.5 Å². The number of carbonyl (C=O) groups is 1. The van der Waals surface area contributed by atoms with Crippen LogP contribution in [0.3, 0.4) is 0 Å². The van der Waals surface area contributed by atoms with Crippen LogP contribution in [0.4, 0.5) is 0 Å². The monoisotopic (exact) mass is 370 g/mol. The lowest BCUT2D eigenvalue weighted by Gasteiger charge is -2.39. The van der Waals surface area contributed by atoms with Gasteiger partial charge in [0, 0.05) is 29.9 Å². The summed E-state index contributed by atoms with van der Waals surface area (Å²) in [5, 5.41) is 0.593. The molecule has 0 saturated heterocycles. The molecule has 0 aliphatic carbocycles. The molecule has 4 heterocycles. The first-order chi connectivity index (χ1) is 12.5. The van der Waals surface area contributed by atoms with Gasteiger partial charge in [0.15, 0.2) is 0 Å². The van der Waals surface area contributed by atoms with Gasteiger partial charge >= 0.3 is 0 Å². The molecule has 26 heavy (non-hydrogen) atoms. The van der Waals surface area contributed by atoms with E-state index in [1.54, 1.807) is 0 Å². The standard InChI is InChI=1S/C19H22N4O2S/c1-12(2)17-15-5-4-6-21(15)7-8-23(17)16(24)10-22-11-20-18-14(19(22)25)9-13(3)26-18/h4-6,9,11-12,17H,7-8,10H2,1-3H3/t17-/m0/s1. The molecule has 6 nitrogen and oxygen atoms in total. The maximum atomic E-state index is 13.0. The lowest BCUT2D eigenvalue weighted by Crippen LogP contribution is -2.46. The Labute approximate surface area is 155 Å². The normalized spacial score (nSPS) is 17.1. The Morgan fingerprint density at radius 1 is 1.38 bits per heavy atom. The molecule has 3 aromatic heterocycles. The SMILES string of the molecule is Cc1cc2c(=O)n(CC(=O)N3CCn4cccc4[C@@H]3C(C)C)cnc2s1. The van der Waals surface area contributed by atoms with Crippen LogP contribution >= 0.6 is 11.3 Å². The van der Waals surface area contributed by atoms with Gasteiger partial charge in [0.1, 0.15) is 11.4 Å². The number of fused-ring (bicyclic) bond motifs is 2. The van der Waals surface area contributed by atoms with Crippen molar-refractivity contribution in [2.45, 2.75) is 39.9 Å². The average molecular weight is 370 g/mol. The minimum absolute atomic E-state index is 0.0284. The molecule has 3 aromatic rings. The largest absolute Gasteiger partial charge is 0.348 e. The van der Waals surface area contributed by atoms with Gasteiger partial charge in [0.05, 0.1) is 17.8 Å². The minimum atomic E-state index is -0.144. The summed E-state index contributed by atoms with van der Waals surface area (Å²) >= 11 is 1.50. The lowest BCUT2D eigenvalue weighted by atomic mass is 9.97. The number of carbonyl (C=O) groups excluding carboxylic acids is 1. The van der Waals surface area contributed by atoms with Gasteiger partial charge in [-0.25, -0.2) is 4.98 Å². The van der Waals surface area contributed by atoms with Crippen molar-refractivity contribution in [1.82, 2.24) is 19.0 Å². The molecule has 0 fully saturated rings. The zero-order valence-electron chi connectivity index (χ0n) is 15.2. The Morgan fingerprint density at radius 2 is 2.19 bits per heavy atom. The second-order valence-corrected chi connectivity index (χ2v) is 8.39.